The lowest BCUT2D eigenvalue weighted by atomic mass is 9.82. The van der Waals surface area contributed by atoms with Gasteiger partial charge in [-0.2, -0.15) is 0 Å². The second-order valence-electron chi connectivity index (χ2n) is 15.0. The van der Waals surface area contributed by atoms with Crippen molar-refractivity contribution in [1.82, 2.24) is 9.13 Å². The molecule has 1 aliphatic carbocycles. The molecule has 8 aromatic carbocycles. The van der Waals surface area contributed by atoms with Crippen LogP contribution >= 0.6 is 0 Å². The highest BCUT2D eigenvalue weighted by Gasteiger charge is 2.35. The van der Waals surface area contributed by atoms with Crippen molar-refractivity contribution in [2.75, 3.05) is 0 Å². The normalized spacial score (nSPS) is 13.2. The molecule has 250 valence electrons. The number of hydrogen-bond donors (Lipinski definition) is 0. The second kappa shape index (κ2) is 11.2. The number of aromatic nitrogens is 2. The van der Waals surface area contributed by atoms with Crippen LogP contribution < -0.4 is 0 Å². The lowest BCUT2D eigenvalue weighted by molar-refractivity contribution is 0.660. The summed E-state index contributed by atoms with van der Waals surface area (Å²) in [6.07, 6.45) is 0. The predicted molar refractivity (Wildman–Crippen MR) is 224 cm³/mol. The number of para-hydroxylation sites is 2. The summed E-state index contributed by atoms with van der Waals surface area (Å²) in [7, 11) is 0. The highest BCUT2D eigenvalue weighted by molar-refractivity contribution is 6.19. The molecule has 10 aromatic rings. The van der Waals surface area contributed by atoms with Crippen molar-refractivity contribution in [3.63, 3.8) is 0 Å². The largest absolute Gasteiger partial charge is 0.309 e. The molecule has 0 unspecified atom stereocenters. The van der Waals surface area contributed by atoms with Crippen LogP contribution in [0.5, 0.6) is 0 Å². The van der Waals surface area contributed by atoms with Crippen LogP contribution in [0.1, 0.15) is 25.0 Å². The summed E-state index contributed by atoms with van der Waals surface area (Å²) in [4.78, 5) is 0. The molecule has 0 atom stereocenters. The number of benzene rings is 8. The molecule has 0 bridgehead atoms. The van der Waals surface area contributed by atoms with E-state index in [0.717, 1.165) is 11.4 Å². The first-order valence-electron chi connectivity index (χ1n) is 18.5. The maximum absolute atomic E-state index is 2.46. The average molecular weight is 677 g/mol. The monoisotopic (exact) mass is 676 g/mol. The van der Waals surface area contributed by atoms with Crippen LogP contribution in [0.3, 0.4) is 0 Å². The van der Waals surface area contributed by atoms with Crippen LogP contribution in [0.15, 0.2) is 182 Å². The Morgan fingerprint density at radius 1 is 0.321 bits per heavy atom. The molecule has 2 nitrogen and oxygen atoms in total. The quantitative estimate of drug-likeness (QED) is 0.176. The molecule has 2 heterocycles. The van der Waals surface area contributed by atoms with Crippen LogP contribution in [0, 0.1) is 0 Å². The number of fused-ring (bicyclic) bond motifs is 9. The van der Waals surface area contributed by atoms with Gasteiger partial charge in [-0.3, -0.25) is 0 Å². The van der Waals surface area contributed by atoms with Crippen molar-refractivity contribution in [1.29, 1.82) is 0 Å². The fraction of sp³-hybridized carbons (Fsp3) is 0.0588. The molecule has 0 fully saturated rings. The highest BCUT2D eigenvalue weighted by atomic mass is 15.0. The third-order valence-electron chi connectivity index (χ3n) is 11.7. The Bertz CT molecular complexity index is 3060. The predicted octanol–water partition coefficient (Wildman–Crippen LogP) is 13.5. The van der Waals surface area contributed by atoms with Crippen molar-refractivity contribution < 1.29 is 0 Å². The summed E-state index contributed by atoms with van der Waals surface area (Å²) in [5.41, 5.74) is 17.5. The summed E-state index contributed by atoms with van der Waals surface area (Å²) in [6, 6.07) is 67.1. The Labute approximate surface area is 308 Å². The zero-order chi connectivity index (χ0) is 35.3. The molecular formula is C51H36N2. The number of rotatable bonds is 4. The van der Waals surface area contributed by atoms with Crippen LogP contribution in [-0.4, -0.2) is 9.13 Å². The minimum Gasteiger partial charge on any atom is -0.309 e. The van der Waals surface area contributed by atoms with Crippen molar-refractivity contribution >= 4 is 43.6 Å². The van der Waals surface area contributed by atoms with Crippen LogP contribution in [-0.2, 0) is 5.41 Å². The van der Waals surface area contributed by atoms with E-state index in [2.05, 4.69) is 205 Å². The first kappa shape index (κ1) is 30.0. The highest BCUT2D eigenvalue weighted by Crippen LogP contribution is 2.49. The van der Waals surface area contributed by atoms with Gasteiger partial charge in [0.25, 0.3) is 0 Å². The van der Waals surface area contributed by atoms with Gasteiger partial charge in [0.1, 0.15) is 0 Å². The molecule has 0 saturated carbocycles. The Morgan fingerprint density at radius 3 is 1.60 bits per heavy atom. The molecule has 53 heavy (non-hydrogen) atoms. The Morgan fingerprint density at radius 2 is 0.868 bits per heavy atom. The van der Waals surface area contributed by atoms with Crippen molar-refractivity contribution in [3.05, 3.63) is 193 Å². The first-order valence-corrected chi connectivity index (χ1v) is 18.5. The van der Waals surface area contributed by atoms with Crippen molar-refractivity contribution in [3.8, 4) is 44.8 Å². The Hall–Kier alpha value is -6.64. The van der Waals surface area contributed by atoms with E-state index in [0.29, 0.717) is 0 Å². The van der Waals surface area contributed by atoms with Crippen LogP contribution in [0.25, 0.3) is 88.4 Å². The topological polar surface area (TPSA) is 9.86 Å². The van der Waals surface area contributed by atoms with Gasteiger partial charge in [-0.1, -0.05) is 141 Å². The summed E-state index contributed by atoms with van der Waals surface area (Å²) in [5.74, 6) is 0. The van der Waals surface area contributed by atoms with Gasteiger partial charge in [0, 0.05) is 38.3 Å². The Balaban J connectivity index is 1.11. The molecule has 1 aliphatic rings. The SMILES string of the molecule is CC1(C)c2ccccc2-c2cc(-c3cccc(-n4c5ccccc5c5cc6c7ccccc7n(-c7ccc(-c8ccccc8)cc7)c6cc54)c3)ccc21. The molecule has 0 saturated heterocycles. The lowest BCUT2D eigenvalue weighted by Crippen LogP contribution is -2.14. The van der Waals surface area contributed by atoms with Gasteiger partial charge in [0.2, 0.25) is 0 Å². The van der Waals surface area contributed by atoms with E-state index in [1.807, 2.05) is 0 Å². The van der Waals surface area contributed by atoms with E-state index in [9.17, 15) is 0 Å². The van der Waals surface area contributed by atoms with Gasteiger partial charge in [-0.25, -0.2) is 0 Å². The summed E-state index contributed by atoms with van der Waals surface area (Å²) < 4.78 is 4.89. The Kier molecular flexibility index (Phi) is 6.33. The van der Waals surface area contributed by atoms with Gasteiger partial charge >= 0.3 is 0 Å². The molecule has 0 spiro atoms. The smallest absolute Gasteiger partial charge is 0.0562 e. The second-order valence-corrected chi connectivity index (χ2v) is 15.0. The summed E-state index contributed by atoms with van der Waals surface area (Å²) in [5, 5.41) is 5.04. The number of hydrogen-bond acceptors (Lipinski definition) is 0. The van der Waals surface area contributed by atoms with Crippen LogP contribution in [0.4, 0.5) is 0 Å². The molecule has 2 heteroatoms. The van der Waals surface area contributed by atoms with Gasteiger partial charge in [0.05, 0.1) is 22.1 Å². The van der Waals surface area contributed by atoms with Gasteiger partial charge in [-0.05, 0) is 99.1 Å². The van der Waals surface area contributed by atoms with Gasteiger partial charge < -0.3 is 9.13 Å². The van der Waals surface area contributed by atoms with Crippen LogP contribution in [0.2, 0.25) is 0 Å². The van der Waals surface area contributed by atoms with Gasteiger partial charge in [0.15, 0.2) is 0 Å². The summed E-state index contributed by atoms with van der Waals surface area (Å²) >= 11 is 0. The van der Waals surface area contributed by atoms with E-state index in [1.54, 1.807) is 0 Å². The summed E-state index contributed by atoms with van der Waals surface area (Å²) in [6.45, 7) is 4.69. The molecular weight excluding hydrogens is 641 g/mol. The third kappa shape index (κ3) is 4.39. The minimum atomic E-state index is -0.00693. The van der Waals surface area contributed by atoms with Crippen molar-refractivity contribution in [2.45, 2.75) is 19.3 Å². The molecule has 0 amide bonds. The minimum absolute atomic E-state index is 0.00693. The fourth-order valence-electron chi connectivity index (χ4n) is 9.15. The molecule has 0 aliphatic heterocycles. The van der Waals surface area contributed by atoms with Gasteiger partial charge in [-0.15, -0.1) is 0 Å². The maximum Gasteiger partial charge on any atom is 0.0562 e. The number of nitrogens with zero attached hydrogens (tertiary/aromatic N) is 2. The fourth-order valence-corrected chi connectivity index (χ4v) is 9.15. The molecule has 11 rings (SSSR count). The van der Waals surface area contributed by atoms with E-state index < -0.39 is 0 Å². The zero-order valence-electron chi connectivity index (χ0n) is 29.7. The van der Waals surface area contributed by atoms with E-state index in [-0.39, 0.29) is 5.41 Å². The van der Waals surface area contributed by atoms with E-state index >= 15 is 0 Å². The standard InChI is InChI=1S/C51H36N2/c1-51(2)45-20-9-6-17-39(45)42-30-36(25-28-46(42)51)35-15-12-16-38(29-35)53-48-22-11-8-19-41(48)44-31-43-40-18-7-10-21-47(40)52(49(43)32-50(44)53)37-26-23-34(24-27-37)33-13-4-3-5-14-33/h3-32H,1-2H3. The first-order chi connectivity index (χ1) is 26.0. The average Bonchev–Trinajstić information content (AvgIpc) is 3.80. The third-order valence-corrected chi connectivity index (χ3v) is 11.7. The molecule has 0 N–H and O–H groups in total. The lowest BCUT2D eigenvalue weighted by Gasteiger charge is -2.21. The maximum atomic E-state index is 2.46. The molecule has 0 radical (unpaired) electrons. The van der Waals surface area contributed by atoms with E-state index in [4.69, 9.17) is 0 Å². The van der Waals surface area contributed by atoms with E-state index in [1.165, 1.54) is 88.1 Å². The zero-order valence-corrected chi connectivity index (χ0v) is 29.7. The molecule has 2 aromatic heterocycles. The van der Waals surface area contributed by atoms with Crippen molar-refractivity contribution in [2.24, 2.45) is 0 Å².